The van der Waals surface area contributed by atoms with Gasteiger partial charge in [-0.2, -0.15) is 0 Å². The van der Waals surface area contributed by atoms with Crippen LogP contribution in [0, 0.1) is 5.92 Å². The molecule has 0 bridgehead atoms. The first kappa shape index (κ1) is 24.5. The van der Waals surface area contributed by atoms with E-state index >= 15 is 0 Å². The third kappa shape index (κ3) is 5.17. The quantitative estimate of drug-likeness (QED) is 0.316. The molecule has 3 heteroatoms. The topological polar surface area (TPSA) is 29.5 Å². The van der Waals surface area contributed by atoms with Crippen LogP contribution in [0.15, 0.2) is 96.6 Å². The Morgan fingerprint density at radius 2 is 1.44 bits per heavy atom. The van der Waals surface area contributed by atoms with Crippen molar-refractivity contribution in [2.75, 3.05) is 19.8 Å². The molecule has 0 aromatic heterocycles. The molecule has 1 fully saturated rings. The van der Waals surface area contributed by atoms with E-state index in [1.54, 1.807) is 0 Å². The van der Waals surface area contributed by atoms with Gasteiger partial charge in [0.25, 0.3) is 0 Å². The molecular formula is C33H37NO2. The minimum Gasteiger partial charge on any atom is -0.377 e. The lowest BCUT2D eigenvalue weighted by Crippen LogP contribution is -2.47. The van der Waals surface area contributed by atoms with E-state index in [-0.39, 0.29) is 17.6 Å². The van der Waals surface area contributed by atoms with Gasteiger partial charge in [0.2, 0.25) is 0 Å². The lowest BCUT2D eigenvalue weighted by Gasteiger charge is -2.47. The zero-order valence-corrected chi connectivity index (χ0v) is 21.3. The second-order valence-corrected chi connectivity index (χ2v) is 10.0. The summed E-state index contributed by atoms with van der Waals surface area (Å²) in [5, 5.41) is 0. The first-order valence-electron chi connectivity index (χ1n) is 13.5. The van der Waals surface area contributed by atoms with Gasteiger partial charge in [-0.05, 0) is 36.5 Å². The van der Waals surface area contributed by atoms with Crippen molar-refractivity contribution in [2.45, 2.75) is 51.0 Å². The van der Waals surface area contributed by atoms with E-state index in [1.165, 1.54) is 54.5 Å². The minimum absolute atomic E-state index is 0.0273. The molecule has 0 N–H and O–H groups in total. The molecular weight excluding hydrogens is 442 g/mol. The normalized spacial score (nSPS) is 21.0. The number of hydrogen-bond acceptors (Lipinski definition) is 3. The van der Waals surface area contributed by atoms with E-state index in [1.807, 2.05) is 30.3 Å². The molecule has 1 aliphatic carbocycles. The van der Waals surface area contributed by atoms with Gasteiger partial charge >= 0.3 is 0 Å². The van der Waals surface area contributed by atoms with Crippen LogP contribution in [0.5, 0.6) is 0 Å². The number of hydrogen-bond donors (Lipinski definition) is 0. The van der Waals surface area contributed by atoms with Crippen molar-refractivity contribution in [3.8, 4) is 0 Å². The molecule has 1 saturated carbocycles. The maximum absolute atomic E-state index is 14.2. The Kier molecular flexibility index (Phi) is 7.98. The van der Waals surface area contributed by atoms with Crippen LogP contribution >= 0.6 is 0 Å². The van der Waals surface area contributed by atoms with Gasteiger partial charge in [0.15, 0.2) is 5.78 Å². The molecule has 1 aliphatic heterocycles. The van der Waals surface area contributed by atoms with Gasteiger partial charge in [-0.25, -0.2) is 0 Å². The summed E-state index contributed by atoms with van der Waals surface area (Å²) in [5.74, 6) is 0.0338. The number of rotatable bonds is 8. The molecule has 3 aromatic carbocycles. The van der Waals surface area contributed by atoms with E-state index in [9.17, 15) is 4.79 Å². The minimum atomic E-state index is -0.167. The summed E-state index contributed by atoms with van der Waals surface area (Å²) < 4.78 is 6.15. The van der Waals surface area contributed by atoms with Crippen molar-refractivity contribution in [3.05, 3.63) is 113 Å². The Labute approximate surface area is 215 Å². The lowest BCUT2D eigenvalue weighted by molar-refractivity contribution is 0.0826. The number of nitrogens with zero attached hydrogens (tertiary/aromatic N) is 1. The van der Waals surface area contributed by atoms with E-state index < -0.39 is 0 Å². The van der Waals surface area contributed by atoms with Crippen LogP contribution in [-0.2, 0) is 4.74 Å². The van der Waals surface area contributed by atoms with Gasteiger partial charge in [0.1, 0.15) is 0 Å². The van der Waals surface area contributed by atoms with Crippen LogP contribution in [0.25, 0.3) is 5.70 Å². The summed E-state index contributed by atoms with van der Waals surface area (Å²) in [6.07, 6.45) is 6.17. The van der Waals surface area contributed by atoms with Crippen LogP contribution in [0.4, 0.5) is 0 Å². The van der Waals surface area contributed by atoms with Gasteiger partial charge in [0, 0.05) is 36.4 Å². The summed E-state index contributed by atoms with van der Waals surface area (Å²) in [5.41, 5.74) is 5.73. The van der Waals surface area contributed by atoms with Crippen molar-refractivity contribution in [2.24, 2.45) is 5.92 Å². The predicted molar refractivity (Wildman–Crippen MR) is 147 cm³/mol. The third-order valence-corrected chi connectivity index (χ3v) is 7.84. The maximum Gasteiger partial charge on any atom is 0.168 e. The van der Waals surface area contributed by atoms with Gasteiger partial charge in [-0.1, -0.05) is 110 Å². The highest BCUT2D eigenvalue weighted by Gasteiger charge is 2.42. The highest BCUT2D eigenvalue weighted by atomic mass is 16.5. The van der Waals surface area contributed by atoms with Crippen LogP contribution in [-0.4, -0.2) is 36.5 Å². The molecule has 1 heterocycles. The summed E-state index contributed by atoms with van der Waals surface area (Å²) in [7, 11) is 0. The molecule has 3 aromatic rings. The van der Waals surface area contributed by atoms with Crippen molar-refractivity contribution in [1.82, 2.24) is 4.90 Å². The van der Waals surface area contributed by atoms with Crippen LogP contribution < -0.4 is 0 Å². The van der Waals surface area contributed by atoms with Crippen LogP contribution in [0.3, 0.4) is 0 Å². The smallest absolute Gasteiger partial charge is 0.168 e. The van der Waals surface area contributed by atoms with E-state index in [4.69, 9.17) is 4.74 Å². The zero-order valence-electron chi connectivity index (χ0n) is 21.3. The van der Waals surface area contributed by atoms with Crippen molar-refractivity contribution >= 4 is 11.5 Å². The zero-order chi connectivity index (χ0) is 24.7. The van der Waals surface area contributed by atoms with E-state index in [2.05, 4.69) is 72.5 Å². The molecule has 2 unspecified atom stereocenters. The molecule has 186 valence electrons. The Morgan fingerprint density at radius 3 is 2.08 bits per heavy atom. The number of Topliss-reactive ketones (excluding diaryl/α,β-unsaturated/α-hetero) is 1. The van der Waals surface area contributed by atoms with Crippen LogP contribution in [0.2, 0.25) is 0 Å². The summed E-state index contributed by atoms with van der Waals surface area (Å²) >= 11 is 0. The van der Waals surface area contributed by atoms with Gasteiger partial charge in [-0.15, -0.1) is 0 Å². The van der Waals surface area contributed by atoms with E-state index in [0.29, 0.717) is 19.3 Å². The SMILES string of the molecule is CCOCC1=C(c2ccccc2)N(C2CCCCC2)CC(C(=O)c2ccccc2)C1c1ccccc1. The second-order valence-electron chi connectivity index (χ2n) is 10.0. The Hall–Kier alpha value is -3.17. The average molecular weight is 480 g/mol. The largest absolute Gasteiger partial charge is 0.377 e. The molecule has 36 heavy (non-hydrogen) atoms. The van der Waals surface area contributed by atoms with Gasteiger partial charge in [-0.3, -0.25) is 4.79 Å². The first-order chi connectivity index (χ1) is 17.8. The molecule has 2 aliphatic rings. The maximum atomic E-state index is 14.2. The first-order valence-corrected chi connectivity index (χ1v) is 13.5. The predicted octanol–water partition coefficient (Wildman–Crippen LogP) is 7.37. The number of ether oxygens (including phenoxy) is 1. The third-order valence-electron chi connectivity index (χ3n) is 7.84. The highest BCUT2D eigenvalue weighted by Crippen LogP contribution is 2.46. The van der Waals surface area contributed by atoms with Crippen molar-refractivity contribution in [1.29, 1.82) is 0 Å². The fourth-order valence-corrected chi connectivity index (χ4v) is 6.17. The Morgan fingerprint density at radius 1 is 0.833 bits per heavy atom. The van der Waals surface area contributed by atoms with Gasteiger partial charge in [0.05, 0.1) is 12.5 Å². The Balaban J connectivity index is 1.71. The Bertz CT molecular complexity index is 1150. The average Bonchev–Trinajstić information content (AvgIpc) is 2.96. The fourth-order valence-electron chi connectivity index (χ4n) is 6.17. The second kappa shape index (κ2) is 11.7. The summed E-state index contributed by atoms with van der Waals surface area (Å²) in [6, 6.07) is 31.7. The van der Waals surface area contributed by atoms with Crippen molar-refractivity contribution < 1.29 is 9.53 Å². The van der Waals surface area contributed by atoms with Crippen LogP contribution in [0.1, 0.15) is 66.4 Å². The molecule has 3 nitrogen and oxygen atoms in total. The molecule has 2 atom stereocenters. The number of carbonyl (C=O) groups excluding carboxylic acids is 1. The highest BCUT2D eigenvalue weighted by molar-refractivity contribution is 5.99. The molecule has 5 rings (SSSR count). The lowest BCUT2D eigenvalue weighted by atomic mass is 9.72. The fraction of sp³-hybridized carbons (Fsp3) is 0.364. The molecule has 0 amide bonds. The molecule has 0 saturated heterocycles. The molecule has 0 radical (unpaired) electrons. The van der Waals surface area contributed by atoms with E-state index in [0.717, 1.165) is 12.1 Å². The number of carbonyl (C=O) groups is 1. The van der Waals surface area contributed by atoms with Gasteiger partial charge < -0.3 is 9.64 Å². The number of ketones is 1. The molecule has 0 spiro atoms. The monoisotopic (exact) mass is 479 g/mol. The van der Waals surface area contributed by atoms with Crippen molar-refractivity contribution in [3.63, 3.8) is 0 Å². The standard InChI is InChI=1S/C33H37NO2/c1-2-36-24-30-31(25-15-7-3-8-16-25)29(33(35)27-19-11-5-12-20-27)23-34(28-21-13-6-14-22-28)32(30)26-17-9-4-10-18-26/h3-5,7-12,15-20,28-29,31H,2,6,13-14,21-24H2,1H3. The number of benzene rings is 3. The summed E-state index contributed by atoms with van der Waals surface area (Å²) in [4.78, 5) is 16.8. The summed E-state index contributed by atoms with van der Waals surface area (Å²) in [6.45, 7) is 3.96.